The molecular weight excluding hydrogens is 596 g/mol. The van der Waals surface area contributed by atoms with Crippen LogP contribution in [-0.4, -0.2) is 49.7 Å². The van der Waals surface area contributed by atoms with Crippen molar-refractivity contribution in [3.8, 4) is 17.2 Å². The SMILES string of the molecule is CC(C)=CCCC1(C)C=Cc2c(O)c3c(c(CC=C(C)C)c2O1)OC1(C(C)C)CCC(C(=O)C(C)(O)C/C=C(/C)C(=O)O)C=C1C3=O. The maximum atomic E-state index is 14.6. The lowest BCUT2D eigenvalue weighted by atomic mass is 9.66. The van der Waals surface area contributed by atoms with Gasteiger partial charge in [0.15, 0.2) is 11.6 Å². The normalized spacial score (nSPS) is 24.5. The molecular formula is C39H50O8. The first kappa shape index (κ1) is 35.9. The van der Waals surface area contributed by atoms with Crippen LogP contribution in [0.5, 0.6) is 17.2 Å². The third kappa shape index (κ3) is 7.03. The molecule has 2 heterocycles. The van der Waals surface area contributed by atoms with E-state index in [1.807, 2.05) is 46.8 Å². The Labute approximate surface area is 278 Å². The number of ketones is 2. The fourth-order valence-corrected chi connectivity index (χ4v) is 6.65. The highest BCUT2D eigenvalue weighted by molar-refractivity contribution is 6.16. The van der Waals surface area contributed by atoms with Gasteiger partial charge in [0.05, 0.1) is 5.56 Å². The summed E-state index contributed by atoms with van der Waals surface area (Å²) in [4.78, 5) is 39.4. The van der Waals surface area contributed by atoms with Gasteiger partial charge in [-0.1, -0.05) is 49.3 Å². The standard InChI is InChI=1S/C39H50O8/c1-22(2)11-10-17-37(8)18-16-27-31(40)30-32(41)29-21-26(35(42)38(9,45)19-14-25(7)36(43)44)15-20-39(29,24(5)6)47-34(30)28(33(27)46-37)13-12-23(3)4/h11-12,14,16,18,21,24,26,40,45H,10,13,15,17,19-20H2,1-9H3,(H,43,44)/b25-14-. The van der Waals surface area contributed by atoms with Crippen LogP contribution in [0.2, 0.25) is 0 Å². The van der Waals surface area contributed by atoms with E-state index < -0.39 is 40.3 Å². The van der Waals surface area contributed by atoms with Crippen molar-refractivity contribution in [2.75, 3.05) is 0 Å². The number of carboxylic acid groups (broad SMARTS) is 1. The number of carboxylic acids is 1. The molecule has 8 heteroatoms. The number of aliphatic hydroxyl groups is 1. The molecule has 1 aliphatic carbocycles. The molecule has 8 nitrogen and oxygen atoms in total. The fourth-order valence-electron chi connectivity index (χ4n) is 6.65. The summed E-state index contributed by atoms with van der Waals surface area (Å²) in [7, 11) is 0. The van der Waals surface area contributed by atoms with Gasteiger partial charge in [-0.25, -0.2) is 4.79 Å². The Bertz CT molecular complexity index is 1620. The van der Waals surface area contributed by atoms with Crippen molar-refractivity contribution in [3.63, 3.8) is 0 Å². The van der Waals surface area contributed by atoms with Gasteiger partial charge in [0, 0.05) is 29.0 Å². The van der Waals surface area contributed by atoms with Gasteiger partial charge in [0.25, 0.3) is 0 Å². The molecule has 254 valence electrons. The van der Waals surface area contributed by atoms with E-state index in [0.717, 1.165) is 18.4 Å². The summed E-state index contributed by atoms with van der Waals surface area (Å²) in [5, 5.41) is 32.0. The number of allylic oxidation sites excluding steroid dienone is 5. The van der Waals surface area contributed by atoms with Crippen molar-refractivity contribution in [1.82, 2.24) is 0 Å². The largest absolute Gasteiger partial charge is 0.506 e. The summed E-state index contributed by atoms with van der Waals surface area (Å²) in [5.41, 5.74) is 0.243. The lowest BCUT2D eigenvalue weighted by molar-refractivity contribution is -0.139. The first-order valence-corrected chi connectivity index (χ1v) is 16.5. The van der Waals surface area contributed by atoms with Crippen LogP contribution in [0.15, 0.2) is 52.7 Å². The van der Waals surface area contributed by atoms with Crippen molar-refractivity contribution < 1.29 is 39.2 Å². The van der Waals surface area contributed by atoms with Gasteiger partial charge >= 0.3 is 5.97 Å². The van der Waals surface area contributed by atoms with Gasteiger partial charge in [-0.3, -0.25) is 9.59 Å². The van der Waals surface area contributed by atoms with Crippen LogP contribution in [-0.2, 0) is 16.0 Å². The van der Waals surface area contributed by atoms with Gasteiger partial charge < -0.3 is 24.8 Å². The number of phenolic OH excluding ortho intramolecular Hbond substituents is 1. The number of carbonyl (C=O) groups excluding carboxylic acids is 2. The number of hydrogen-bond donors (Lipinski definition) is 3. The van der Waals surface area contributed by atoms with Crippen LogP contribution in [0.4, 0.5) is 0 Å². The zero-order chi connectivity index (χ0) is 35.1. The number of aromatic hydroxyl groups is 1. The molecule has 4 rings (SSSR count). The maximum Gasteiger partial charge on any atom is 0.330 e. The summed E-state index contributed by atoms with van der Waals surface area (Å²) in [6, 6.07) is 0. The van der Waals surface area contributed by atoms with Crippen molar-refractivity contribution in [2.45, 2.75) is 118 Å². The number of phenols is 1. The molecule has 0 fully saturated rings. The predicted octanol–water partition coefficient (Wildman–Crippen LogP) is 7.86. The average molecular weight is 647 g/mol. The molecule has 4 atom stereocenters. The lowest BCUT2D eigenvalue weighted by Gasteiger charge is -2.47. The van der Waals surface area contributed by atoms with E-state index in [1.165, 1.54) is 25.5 Å². The second kappa shape index (κ2) is 13.3. The fraction of sp³-hybridized carbons (Fsp3) is 0.513. The molecule has 0 bridgehead atoms. The predicted molar refractivity (Wildman–Crippen MR) is 183 cm³/mol. The van der Waals surface area contributed by atoms with E-state index in [1.54, 1.807) is 6.08 Å². The lowest BCUT2D eigenvalue weighted by Crippen LogP contribution is -2.53. The Balaban J connectivity index is 1.85. The summed E-state index contributed by atoms with van der Waals surface area (Å²) < 4.78 is 13.6. The quantitative estimate of drug-likeness (QED) is 0.164. The van der Waals surface area contributed by atoms with Crippen LogP contribution in [0.1, 0.15) is 116 Å². The number of rotatable bonds is 11. The second-order valence-electron chi connectivity index (χ2n) is 14.6. The molecule has 1 aromatic carbocycles. The molecule has 0 amide bonds. The van der Waals surface area contributed by atoms with E-state index >= 15 is 0 Å². The highest BCUT2D eigenvalue weighted by Crippen LogP contribution is 2.55. The zero-order valence-electron chi connectivity index (χ0n) is 29.2. The Morgan fingerprint density at radius 1 is 1.06 bits per heavy atom. The Morgan fingerprint density at radius 3 is 2.32 bits per heavy atom. The number of fused-ring (bicyclic) bond motifs is 3. The van der Waals surface area contributed by atoms with E-state index in [9.17, 15) is 29.7 Å². The molecule has 3 N–H and O–H groups in total. The topological polar surface area (TPSA) is 130 Å². The minimum absolute atomic E-state index is 0.0281. The Kier molecular flexibility index (Phi) is 10.2. The molecule has 47 heavy (non-hydrogen) atoms. The molecule has 1 aromatic rings. The van der Waals surface area contributed by atoms with E-state index in [-0.39, 0.29) is 34.8 Å². The zero-order valence-corrected chi connectivity index (χ0v) is 29.2. The highest BCUT2D eigenvalue weighted by Gasteiger charge is 2.53. The number of hydrogen-bond acceptors (Lipinski definition) is 7. The molecule has 0 radical (unpaired) electrons. The Morgan fingerprint density at radius 2 is 1.72 bits per heavy atom. The van der Waals surface area contributed by atoms with Gasteiger partial charge in [-0.05, 0) is 98.6 Å². The summed E-state index contributed by atoms with van der Waals surface area (Å²) in [6.07, 6.45) is 13.4. The first-order valence-electron chi connectivity index (χ1n) is 16.5. The minimum Gasteiger partial charge on any atom is -0.506 e. The van der Waals surface area contributed by atoms with Gasteiger partial charge in [0.1, 0.15) is 39.6 Å². The second-order valence-corrected chi connectivity index (χ2v) is 14.6. The summed E-state index contributed by atoms with van der Waals surface area (Å²) >= 11 is 0. The van der Waals surface area contributed by atoms with Crippen LogP contribution < -0.4 is 9.47 Å². The molecule has 0 spiro atoms. The van der Waals surface area contributed by atoms with E-state index in [0.29, 0.717) is 41.9 Å². The molecule has 0 aromatic heterocycles. The van der Waals surface area contributed by atoms with E-state index in [4.69, 9.17) is 9.47 Å². The first-order chi connectivity index (χ1) is 21.8. The summed E-state index contributed by atoms with van der Waals surface area (Å²) in [5.74, 6) is -2.43. The summed E-state index contributed by atoms with van der Waals surface area (Å²) in [6.45, 7) is 16.8. The van der Waals surface area contributed by atoms with Crippen molar-refractivity contribution in [1.29, 1.82) is 0 Å². The highest BCUT2D eigenvalue weighted by atomic mass is 16.5. The van der Waals surface area contributed by atoms with Crippen LogP contribution >= 0.6 is 0 Å². The van der Waals surface area contributed by atoms with Crippen LogP contribution in [0.25, 0.3) is 6.08 Å². The van der Waals surface area contributed by atoms with E-state index in [2.05, 4.69) is 26.0 Å². The van der Waals surface area contributed by atoms with Crippen molar-refractivity contribution >= 4 is 23.6 Å². The monoisotopic (exact) mass is 646 g/mol. The van der Waals surface area contributed by atoms with Crippen LogP contribution in [0, 0.1) is 11.8 Å². The molecule has 0 saturated carbocycles. The molecule has 2 aliphatic heterocycles. The van der Waals surface area contributed by atoms with Gasteiger partial charge in [-0.15, -0.1) is 0 Å². The third-order valence-corrected chi connectivity index (χ3v) is 9.71. The maximum absolute atomic E-state index is 14.6. The number of ether oxygens (including phenoxy) is 2. The molecule has 4 unspecified atom stereocenters. The number of carbonyl (C=O) groups is 3. The number of Topliss-reactive ketones (excluding diaryl/α,β-unsaturated/α-hetero) is 2. The minimum atomic E-state index is -1.84. The Hall–Kier alpha value is -3.91. The third-order valence-electron chi connectivity index (χ3n) is 9.71. The van der Waals surface area contributed by atoms with Gasteiger partial charge in [0.2, 0.25) is 0 Å². The van der Waals surface area contributed by atoms with Crippen molar-refractivity contribution in [2.24, 2.45) is 11.8 Å². The number of aliphatic carboxylic acids is 1. The van der Waals surface area contributed by atoms with Crippen molar-refractivity contribution in [3.05, 3.63) is 69.4 Å². The molecule has 3 aliphatic rings. The smallest absolute Gasteiger partial charge is 0.330 e. The average Bonchev–Trinajstić information content (AvgIpc) is 2.98. The van der Waals surface area contributed by atoms with Gasteiger partial charge in [-0.2, -0.15) is 0 Å². The number of benzene rings is 1. The molecule has 0 saturated heterocycles. The van der Waals surface area contributed by atoms with Crippen LogP contribution in [0.3, 0.4) is 0 Å².